The third-order valence-electron chi connectivity index (χ3n) is 3.72. The third kappa shape index (κ3) is 2.18. The van der Waals surface area contributed by atoms with Crippen LogP contribution in [0.2, 0.25) is 0 Å². The Morgan fingerprint density at radius 1 is 1.39 bits per heavy atom. The van der Waals surface area contributed by atoms with Gasteiger partial charge in [-0.1, -0.05) is 0 Å². The first-order chi connectivity index (χ1) is 8.80. The van der Waals surface area contributed by atoms with Crippen LogP contribution in [0, 0.1) is 0 Å². The molecule has 0 N–H and O–H groups in total. The van der Waals surface area contributed by atoms with Gasteiger partial charge in [0, 0.05) is 13.2 Å². The molecule has 5 heteroatoms. The van der Waals surface area contributed by atoms with Gasteiger partial charge in [0.25, 0.3) is 0 Å². The highest BCUT2D eigenvalue weighted by Gasteiger charge is 2.45. The molecular formula is C13H17NO3S. The van der Waals surface area contributed by atoms with Crippen LogP contribution in [-0.4, -0.2) is 49.3 Å². The number of carbonyl (C=O) groups excluding carboxylic acids is 1. The molecular weight excluding hydrogens is 250 g/mol. The monoisotopic (exact) mass is 267 g/mol. The largest absolute Gasteiger partial charge is 0.379 e. The van der Waals surface area contributed by atoms with Crippen molar-refractivity contribution in [2.45, 2.75) is 18.4 Å². The van der Waals surface area contributed by atoms with Crippen molar-refractivity contribution in [3.05, 3.63) is 22.4 Å². The average Bonchev–Trinajstić information content (AvgIpc) is 3.02. The first-order valence-electron chi connectivity index (χ1n) is 6.27. The molecule has 2 aliphatic heterocycles. The Balaban J connectivity index is 1.74. The minimum atomic E-state index is -0.203. The lowest BCUT2D eigenvalue weighted by atomic mass is 9.95. The highest BCUT2D eigenvalue weighted by atomic mass is 32.1. The number of morpholine rings is 1. The number of nitrogens with zero attached hydrogens (tertiary/aromatic N) is 1. The van der Waals surface area contributed by atoms with Crippen LogP contribution >= 0.6 is 11.3 Å². The first kappa shape index (κ1) is 12.1. The van der Waals surface area contributed by atoms with Crippen molar-refractivity contribution >= 4 is 17.2 Å². The fourth-order valence-corrected chi connectivity index (χ4v) is 3.38. The third-order valence-corrected chi connectivity index (χ3v) is 4.45. The Morgan fingerprint density at radius 3 is 2.94 bits per heavy atom. The summed E-state index contributed by atoms with van der Waals surface area (Å²) in [6.07, 6.45) is 1.38. The number of hydrogen-bond donors (Lipinski definition) is 0. The molecule has 0 saturated carbocycles. The van der Waals surface area contributed by atoms with E-state index >= 15 is 0 Å². The van der Waals surface area contributed by atoms with E-state index in [9.17, 15) is 4.79 Å². The Bertz CT molecular complexity index is 412. The van der Waals surface area contributed by atoms with Crippen LogP contribution in [0.25, 0.3) is 0 Å². The molecule has 1 spiro atoms. The molecule has 0 bridgehead atoms. The summed E-state index contributed by atoms with van der Waals surface area (Å²) < 4.78 is 11.0. The van der Waals surface area contributed by atoms with Gasteiger partial charge in [0.1, 0.15) is 0 Å². The lowest BCUT2D eigenvalue weighted by molar-refractivity contribution is -0.148. The van der Waals surface area contributed by atoms with Crippen LogP contribution in [0.15, 0.2) is 16.8 Å². The van der Waals surface area contributed by atoms with E-state index in [1.54, 1.807) is 11.3 Å². The predicted molar refractivity (Wildman–Crippen MR) is 68.7 cm³/mol. The van der Waals surface area contributed by atoms with Crippen LogP contribution in [0.5, 0.6) is 0 Å². The minimum absolute atomic E-state index is 0.196. The van der Waals surface area contributed by atoms with Gasteiger partial charge in [-0.2, -0.15) is 11.3 Å². The van der Waals surface area contributed by atoms with Gasteiger partial charge in [0.05, 0.1) is 31.8 Å². The summed E-state index contributed by atoms with van der Waals surface area (Å²) in [5.41, 5.74) is 0.899. The summed E-state index contributed by atoms with van der Waals surface area (Å²) in [5.74, 6) is 0.196. The van der Waals surface area contributed by atoms with Crippen LogP contribution in [-0.2, 0) is 20.7 Å². The van der Waals surface area contributed by atoms with Crippen molar-refractivity contribution in [3.63, 3.8) is 0 Å². The molecule has 0 unspecified atom stereocenters. The second-order valence-electron chi connectivity index (χ2n) is 4.93. The van der Waals surface area contributed by atoms with E-state index in [-0.39, 0.29) is 11.4 Å². The van der Waals surface area contributed by atoms with E-state index < -0.39 is 0 Å². The van der Waals surface area contributed by atoms with Gasteiger partial charge in [-0.15, -0.1) is 0 Å². The Morgan fingerprint density at radius 2 is 2.22 bits per heavy atom. The lowest BCUT2D eigenvalue weighted by Gasteiger charge is -2.43. The molecule has 0 radical (unpaired) electrons. The zero-order valence-electron chi connectivity index (χ0n) is 10.3. The molecule has 0 aliphatic carbocycles. The molecule has 4 nitrogen and oxygen atoms in total. The highest BCUT2D eigenvalue weighted by Crippen LogP contribution is 2.30. The maximum Gasteiger partial charge on any atom is 0.227 e. The summed E-state index contributed by atoms with van der Waals surface area (Å²) in [5, 5.41) is 4.05. The van der Waals surface area contributed by atoms with Crippen LogP contribution < -0.4 is 0 Å². The SMILES string of the molecule is O=C(Cc1ccsc1)N1CCOC[C@@]12CCOC2. The van der Waals surface area contributed by atoms with Crippen LogP contribution in [0.3, 0.4) is 0 Å². The van der Waals surface area contributed by atoms with E-state index in [4.69, 9.17) is 9.47 Å². The molecule has 2 fully saturated rings. The number of rotatable bonds is 2. The molecule has 1 aromatic rings. The van der Waals surface area contributed by atoms with E-state index in [1.165, 1.54) is 0 Å². The van der Waals surface area contributed by atoms with Crippen LogP contribution in [0.4, 0.5) is 0 Å². The lowest BCUT2D eigenvalue weighted by Crippen LogP contribution is -2.60. The van der Waals surface area contributed by atoms with Crippen LogP contribution in [0.1, 0.15) is 12.0 Å². The van der Waals surface area contributed by atoms with E-state index in [1.807, 2.05) is 21.7 Å². The topological polar surface area (TPSA) is 38.8 Å². The Hall–Kier alpha value is -0.910. The molecule has 1 atom stereocenters. The highest BCUT2D eigenvalue weighted by molar-refractivity contribution is 7.07. The molecule has 1 aromatic heterocycles. The van der Waals surface area contributed by atoms with Crippen molar-refractivity contribution in [1.29, 1.82) is 0 Å². The van der Waals surface area contributed by atoms with Crippen molar-refractivity contribution in [3.8, 4) is 0 Å². The molecule has 3 heterocycles. The van der Waals surface area contributed by atoms with Gasteiger partial charge in [0.15, 0.2) is 0 Å². The Kier molecular flexibility index (Phi) is 3.37. The van der Waals surface area contributed by atoms with E-state index in [0.29, 0.717) is 32.8 Å². The molecule has 18 heavy (non-hydrogen) atoms. The standard InChI is InChI=1S/C13H17NO3S/c15-12(7-11-1-6-18-8-11)14-3-5-17-10-13(14)2-4-16-9-13/h1,6,8H,2-5,7,9-10H2/t13-/m0/s1. The smallest absolute Gasteiger partial charge is 0.227 e. The summed E-state index contributed by atoms with van der Waals surface area (Å²) in [4.78, 5) is 14.4. The Labute approximate surface area is 110 Å². The quantitative estimate of drug-likeness (QED) is 0.811. The number of carbonyl (C=O) groups is 1. The second kappa shape index (κ2) is 4.99. The molecule has 3 rings (SSSR count). The van der Waals surface area contributed by atoms with Gasteiger partial charge in [-0.05, 0) is 28.8 Å². The zero-order chi connectivity index (χ0) is 12.4. The summed E-state index contributed by atoms with van der Waals surface area (Å²) in [6.45, 7) is 3.28. The van der Waals surface area contributed by atoms with Gasteiger partial charge in [-0.25, -0.2) is 0 Å². The number of thiophene rings is 1. The summed E-state index contributed by atoms with van der Waals surface area (Å²) in [7, 11) is 0. The average molecular weight is 267 g/mol. The number of ether oxygens (including phenoxy) is 2. The number of amides is 1. The molecule has 2 aliphatic rings. The fraction of sp³-hybridized carbons (Fsp3) is 0.615. The molecule has 0 aromatic carbocycles. The zero-order valence-corrected chi connectivity index (χ0v) is 11.1. The second-order valence-corrected chi connectivity index (χ2v) is 5.71. The van der Waals surface area contributed by atoms with Gasteiger partial charge >= 0.3 is 0 Å². The summed E-state index contributed by atoms with van der Waals surface area (Å²) >= 11 is 1.63. The van der Waals surface area contributed by atoms with Gasteiger partial charge in [0.2, 0.25) is 5.91 Å². The molecule has 1 amide bonds. The van der Waals surface area contributed by atoms with Crippen molar-refractivity contribution < 1.29 is 14.3 Å². The fourth-order valence-electron chi connectivity index (χ4n) is 2.71. The van der Waals surface area contributed by atoms with Gasteiger partial charge < -0.3 is 14.4 Å². The maximum atomic E-state index is 12.4. The van der Waals surface area contributed by atoms with Gasteiger partial charge in [-0.3, -0.25) is 4.79 Å². The molecule has 98 valence electrons. The van der Waals surface area contributed by atoms with Crippen molar-refractivity contribution in [2.75, 3.05) is 33.0 Å². The number of hydrogen-bond acceptors (Lipinski definition) is 4. The van der Waals surface area contributed by atoms with E-state index in [0.717, 1.165) is 18.6 Å². The van der Waals surface area contributed by atoms with E-state index in [2.05, 4.69) is 0 Å². The molecule has 2 saturated heterocycles. The normalized spacial score (nSPS) is 27.9. The summed E-state index contributed by atoms with van der Waals surface area (Å²) in [6, 6.07) is 2.01. The van der Waals surface area contributed by atoms with Crippen molar-refractivity contribution in [1.82, 2.24) is 4.90 Å². The maximum absolute atomic E-state index is 12.4. The predicted octanol–water partition coefficient (Wildman–Crippen LogP) is 1.31. The first-order valence-corrected chi connectivity index (χ1v) is 7.21. The minimum Gasteiger partial charge on any atom is -0.379 e. The van der Waals surface area contributed by atoms with Crippen molar-refractivity contribution in [2.24, 2.45) is 0 Å².